The van der Waals surface area contributed by atoms with E-state index in [1.165, 1.54) is 34.3 Å². The number of carbonyl (C=O) groups is 2. The summed E-state index contributed by atoms with van der Waals surface area (Å²) in [5, 5.41) is 10.3. The molecular weight excluding hydrogens is 569 g/mol. The lowest BCUT2D eigenvalue weighted by atomic mass is 9.93. The van der Waals surface area contributed by atoms with Crippen LogP contribution in [0.15, 0.2) is 47.4 Å². The van der Waals surface area contributed by atoms with Gasteiger partial charge in [-0.15, -0.1) is 0 Å². The van der Waals surface area contributed by atoms with Crippen molar-refractivity contribution < 1.29 is 27.9 Å². The molecule has 1 aliphatic heterocycles. The predicted octanol–water partition coefficient (Wildman–Crippen LogP) is 6.36. The highest BCUT2D eigenvalue weighted by Crippen LogP contribution is 2.50. The Morgan fingerprint density at radius 3 is 2.24 bits per heavy atom. The van der Waals surface area contributed by atoms with Crippen molar-refractivity contribution >= 4 is 56.9 Å². The third-order valence-corrected chi connectivity index (χ3v) is 10.4. The molecule has 208 valence electrons. The smallest absolute Gasteiger partial charge is 0.309 e. The van der Waals surface area contributed by atoms with E-state index in [9.17, 15) is 23.1 Å². The van der Waals surface area contributed by atoms with Crippen molar-refractivity contribution in [2.45, 2.75) is 75.3 Å². The van der Waals surface area contributed by atoms with Gasteiger partial charge in [-0.2, -0.15) is 16.1 Å². The number of aryl methyl sites for hydroxylation is 1. The molecule has 1 N–H and O–H groups in total. The summed E-state index contributed by atoms with van der Waals surface area (Å²) in [7, 11) is -4.11. The molecule has 0 aromatic heterocycles. The van der Waals surface area contributed by atoms with Gasteiger partial charge in [-0.3, -0.25) is 9.59 Å². The van der Waals surface area contributed by atoms with Crippen molar-refractivity contribution in [3.05, 3.63) is 63.6 Å². The fourth-order valence-electron chi connectivity index (χ4n) is 4.71. The van der Waals surface area contributed by atoms with E-state index in [1.807, 2.05) is 13.8 Å². The predicted molar refractivity (Wildman–Crippen MR) is 151 cm³/mol. The SMILES string of the molecule is CCC1C(SCCC(=O)OC(C)(C)C)[C@@H](C(=O)O)C(c2ccc(Cl)c(Cl)c2)N1S(=O)(=O)c1ccc(C)cc1. The highest BCUT2D eigenvalue weighted by molar-refractivity contribution is 8.00. The van der Waals surface area contributed by atoms with E-state index in [4.69, 9.17) is 27.9 Å². The van der Waals surface area contributed by atoms with Crippen molar-refractivity contribution in [1.82, 2.24) is 4.31 Å². The summed E-state index contributed by atoms with van der Waals surface area (Å²) in [4.78, 5) is 25.1. The third kappa shape index (κ3) is 6.86. The minimum atomic E-state index is -4.11. The van der Waals surface area contributed by atoms with Gasteiger partial charge in [-0.05, 0) is 63.9 Å². The number of ether oxygens (including phenoxy) is 1. The second-order valence-corrected chi connectivity index (χ2v) is 14.2. The molecule has 7 nitrogen and oxygen atoms in total. The van der Waals surface area contributed by atoms with Gasteiger partial charge in [0.1, 0.15) is 5.60 Å². The summed E-state index contributed by atoms with van der Waals surface area (Å²) in [5.74, 6) is -2.34. The molecule has 0 aliphatic carbocycles. The first-order valence-electron chi connectivity index (χ1n) is 12.3. The number of sulfonamides is 1. The van der Waals surface area contributed by atoms with E-state index in [0.717, 1.165) is 5.56 Å². The van der Waals surface area contributed by atoms with Crippen LogP contribution < -0.4 is 0 Å². The number of carboxylic acids is 1. The zero-order chi connectivity index (χ0) is 28.4. The quantitative estimate of drug-likeness (QED) is 0.334. The maximum absolute atomic E-state index is 14.1. The van der Waals surface area contributed by atoms with Crippen molar-refractivity contribution in [3.8, 4) is 0 Å². The summed E-state index contributed by atoms with van der Waals surface area (Å²) < 4.78 is 34.9. The fraction of sp³-hybridized carbons (Fsp3) is 0.481. The van der Waals surface area contributed by atoms with E-state index in [-0.39, 0.29) is 27.1 Å². The monoisotopic (exact) mass is 601 g/mol. The molecule has 2 aromatic rings. The average molecular weight is 603 g/mol. The number of carboxylic acid groups (broad SMARTS) is 1. The lowest BCUT2D eigenvalue weighted by Crippen LogP contribution is -2.39. The van der Waals surface area contributed by atoms with E-state index in [0.29, 0.717) is 12.0 Å². The molecule has 0 radical (unpaired) electrons. The molecular formula is C27H33Cl2NO6S2. The van der Waals surface area contributed by atoms with Crippen LogP contribution in [0.1, 0.15) is 57.7 Å². The Kier molecular flexibility index (Phi) is 9.85. The number of halogens is 2. The van der Waals surface area contributed by atoms with Crippen LogP contribution in [0.25, 0.3) is 0 Å². The van der Waals surface area contributed by atoms with E-state index in [2.05, 4.69) is 0 Å². The zero-order valence-electron chi connectivity index (χ0n) is 22.0. The molecule has 0 spiro atoms. The molecule has 38 heavy (non-hydrogen) atoms. The number of hydrogen-bond donors (Lipinski definition) is 1. The number of aliphatic carboxylic acids is 1. The highest BCUT2D eigenvalue weighted by atomic mass is 35.5. The van der Waals surface area contributed by atoms with Gasteiger partial charge in [0.15, 0.2) is 0 Å². The van der Waals surface area contributed by atoms with Gasteiger partial charge in [-0.1, -0.05) is 53.9 Å². The van der Waals surface area contributed by atoms with Crippen LogP contribution in [0, 0.1) is 12.8 Å². The van der Waals surface area contributed by atoms with Crippen molar-refractivity contribution in [2.24, 2.45) is 5.92 Å². The minimum absolute atomic E-state index is 0.0728. The van der Waals surface area contributed by atoms with E-state index in [1.54, 1.807) is 45.0 Å². The standard InChI is InChI=1S/C27H33Cl2NO6S2/c1-6-21-25(37-14-13-22(31)36-27(3,4)5)23(26(32)33)24(17-9-12-19(28)20(29)15-17)30(21)38(34,35)18-10-7-16(2)8-11-18/h7-12,15,21,23-25H,6,13-14H2,1-5H3,(H,32,33)/t21?,23-,24?,25?/m0/s1. The summed E-state index contributed by atoms with van der Waals surface area (Å²) in [5.41, 5.74) is 0.705. The normalized spacial score (nSPS) is 22.4. The second kappa shape index (κ2) is 12.2. The molecule has 2 aromatic carbocycles. The van der Waals surface area contributed by atoms with Crippen LogP contribution in [0.2, 0.25) is 10.0 Å². The Morgan fingerprint density at radius 1 is 1.08 bits per heavy atom. The first-order chi connectivity index (χ1) is 17.7. The molecule has 0 amide bonds. The van der Waals surface area contributed by atoms with Gasteiger partial charge in [0.25, 0.3) is 0 Å². The van der Waals surface area contributed by atoms with Crippen molar-refractivity contribution in [1.29, 1.82) is 0 Å². The number of carbonyl (C=O) groups excluding carboxylic acids is 1. The summed E-state index contributed by atoms with van der Waals surface area (Å²) in [6.07, 6.45) is 0.445. The second-order valence-electron chi connectivity index (χ2n) is 10.3. The summed E-state index contributed by atoms with van der Waals surface area (Å²) >= 11 is 13.7. The molecule has 11 heteroatoms. The Morgan fingerprint density at radius 2 is 1.71 bits per heavy atom. The first kappa shape index (κ1) is 30.8. The third-order valence-electron chi connectivity index (χ3n) is 6.30. The average Bonchev–Trinajstić information content (AvgIpc) is 3.15. The Bertz CT molecular complexity index is 1280. The van der Waals surface area contributed by atoms with Gasteiger partial charge in [0.2, 0.25) is 10.0 Å². The van der Waals surface area contributed by atoms with Crippen LogP contribution in [-0.4, -0.2) is 52.4 Å². The number of benzene rings is 2. The van der Waals surface area contributed by atoms with Crippen LogP contribution in [0.3, 0.4) is 0 Å². The largest absolute Gasteiger partial charge is 0.481 e. The number of hydrogen-bond acceptors (Lipinski definition) is 6. The van der Waals surface area contributed by atoms with E-state index < -0.39 is 50.8 Å². The molecule has 3 unspecified atom stereocenters. The highest BCUT2D eigenvalue weighted by Gasteiger charge is 2.56. The Labute approximate surface area is 238 Å². The summed E-state index contributed by atoms with van der Waals surface area (Å²) in [6, 6.07) is 9.49. The molecule has 1 fully saturated rings. The van der Waals surface area contributed by atoms with Crippen LogP contribution in [0.4, 0.5) is 0 Å². The first-order valence-corrected chi connectivity index (χ1v) is 15.5. The summed E-state index contributed by atoms with van der Waals surface area (Å²) in [6.45, 7) is 9.02. The Balaban J connectivity index is 2.08. The molecule has 1 heterocycles. The van der Waals surface area contributed by atoms with Crippen LogP contribution in [-0.2, 0) is 24.3 Å². The molecule has 0 saturated carbocycles. The number of rotatable bonds is 9. The maximum Gasteiger partial charge on any atom is 0.309 e. The topological polar surface area (TPSA) is 101 Å². The molecule has 3 rings (SSSR count). The minimum Gasteiger partial charge on any atom is -0.481 e. The fourth-order valence-corrected chi connectivity index (χ4v) is 8.58. The maximum atomic E-state index is 14.1. The van der Waals surface area contributed by atoms with Gasteiger partial charge >= 0.3 is 11.9 Å². The molecule has 1 aliphatic rings. The number of esters is 1. The van der Waals surface area contributed by atoms with Crippen molar-refractivity contribution in [3.63, 3.8) is 0 Å². The molecule has 1 saturated heterocycles. The van der Waals surface area contributed by atoms with Crippen LogP contribution >= 0.6 is 35.0 Å². The van der Waals surface area contributed by atoms with E-state index >= 15 is 0 Å². The van der Waals surface area contributed by atoms with Crippen LogP contribution in [0.5, 0.6) is 0 Å². The number of nitrogens with zero attached hydrogens (tertiary/aromatic N) is 1. The molecule has 0 bridgehead atoms. The van der Waals surface area contributed by atoms with Gasteiger partial charge in [0, 0.05) is 17.0 Å². The van der Waals surface area contributed by atoms with Gasteiger partial charge < -0.3 is 9.84 Å². The lowest BCUT2D eigenvalue weighted by Gasteiger charge is -2.30. The van der Waals surface area contributed by atoms with Gasteiger partial charge in [0.05, 0.1) is 33.3 Å². The molecule has 4 atom stereocenters. The lowest BCUT2D eigenvalue weighted by molar-refractivity contribution is -0.154. The van der Waals surface area contributed by atoms with Crippen molar-refractivity contribution in [2.75, 3.05) is 5.75 Å². The zero-order valence-corrected chi connectivity index (χ0v) is 25.1. The van der Waals surface area contributed by atoms with Gasteiger partial charge in [-0.25, -0.2) is 8.42 Å². The Hall–Kier alpha value is -1.78. The number of thioether (sulfide) groups is 1.